The Morgan fingerprint density at radius 2 is 2.00 bits per heavy atom. The number of hydrogen-bond acceptors (Lipinski definition) is 6. The number of hydrogen-bond donors (Lipinski definition) is 1. The van der Waals surface area contributed by atoms with Crippen molar-refractivity contribution < 1.29 is 19.4 Å². The highest BCUT2D eigenvalue weighted by atomic mass is 35.5. The maximum Gasteiger partial charge on any atom is 0.360 e. The van der Waals surface area contributed by atoms with E-state index in [0.29, 0.717) is 5.75 Å². The zero-order chi connectivity index (χ0) is 20.4. The fourth-order valence-corrected chi connectivity index (χ4v) is 3.36. The maximum absolute atomic E-state index is 12.1. The van der Waals surface area contributed by atoms with E-state index in [4.69, 9.17) is 32.7 Å². The summed E-state index contributed by atoms with van der Waals surface area (Å²) < 4.78 is 11.6. The number of nitrogens with zero attached hydrogens (tertiary/aromatic N) is 3. The third-order valence-corrected chi connectivity index (χ3v) is 4.99. The predicted octanol–water partition coefficient (Wildman–Crippen LogP) is 4.15. The lowest BCUT2D eigenvalue weighted by molar-refractivity contribution is 0.0516. The van der Waals surface area contributed by atoms with Crippen LogP contribution in [0, 0.1) is 11.3 Å². The number of carbonyl (C=O) groups excluding carboxylic acids is 1. The summed E-state index contributed by atoms with van der Waals surface area (Å²) in [5.74, 6) is -0.636. The van der Waals surface area contributed by atoms with E-state index in [9.17, 15) is 15.2 Å². The van der Waals surface area contributed by atoms with Crippen LogP contribution in [0.5, 0.6) is 11.5 Å². The molecule has 7 nitrogen and oxygen atoms in total. The summed E-state index contributed by atoms with van der Waals surface area (Å²) in [5.41, 5.74) is 0.609. The monoisotopic (exact) mass is 419 g/mol. The van der Waals surface area contributed by atoms with E-state index in [1.165, 1.54) is 0 Å². The van der Waals surface area contributed by atoms with Crippen molar-refractivity contribution in [3.63, 3.8) is 0 Å². The minimum atomic E-state index is -0.853. The molecule has 2 heterocycles. The molecule has 9 heteroatoms. The van der Waals surface area contributed by atoms with Crippen molar-refractivity contribution in [3.05, 3.63) is 51.4 Å². The first-order valence-electron chi connectivity index (χ1n) is 8.23. The van der Waals surface area contributed by atoms with Crippen molar-refractivity contribution in [2.45, 2.75) is 13.5 Å². The van der Waals surface area contributed by atoms with Gasteiger partial charge in [0.25, 0.3) is 0 Å². The van der Waals surface area contributed by atoms with Crippen LogP contribution in [-0.4, -0.2) is 34.3 Å². The number of halogens is 2. The van der Waals surface area contributed by atoms with Gasteiger partial charge in [-0.25, -0.2) is 9.78 Å². The van der Waals surface area contributed by atoms with Gasteiger partial charge in [0, 0.05) is 6.54 Å². The number of nitriles is 1. The SMILES string of the molecule is CCOC(=O)c1nc(C#N)c2c(c1O)c(Cl)c(Cl)n2Cc1ccc(OC)cc1. The Hall–Kier alpha value is -2.95. The molecular weight excluding hydrogens is 405 g/mol. The minimum Gasteiger partial charge on any atom is -0.505 e. The molecule has 3 aromatic rings. The molecule has 0 unspecified atom stereocenters. The first kappa shape index (κ1) is 19.8. The molecule has 0 aliphatic rings. The summed E-state index contributed by atoms with van der Waals surface area (Å²) in [6, 6.07) is 9.18. The van der Waals surface area contributed by atoms with Gasteiger partial charge in [-0.2, -0.15) is 5.26 Å². The van der Waals surface area contributed by atoms with E-state index >= 15 is 0 Å². The molecule has 0 fully saturated rings. The lowest BCUT2D eigenvalue weighted by Gasteiger charge is -2.10. The van der Waals surface area contributed by atoms with Gasteiger partial charge in [0.2, 0.25) is 0 Å². The predicted molar refractivity (Wildman–Crippen MR) is 104 cm³/mol. The molecule has 0 bridgehead atoms. The molecular formula is C19H15Cl2N3O4. The largest absolute Gasteiger partial charge is 0.505 e. The zero-order valence-corrected chi connectivity index (χ0v) is 16.5. The van der Waals surface area contributed by atoms with Crippen LogP contribution in [0.15, 0.2) is 24.3 Å². The molecule has 0 amide bonds. The van der Waals surface area contributed by atoms with Crippen molar-refractivity contribution in [2.24, 2.45) is 0 Å². The van der Waals surface area contributed by atoms with Gasteiger partial charge in [0.1, 0.15) is 17.0 Å². The normalized spacial score (nSPS) is 10.7. The number of esters is 1. The standard InChI is InChI=1S/C19H15Cl2N3O4/c1-3-28-19(26)15-17(25)13-14(20)18(21)24(16(13)12(8-22)23-15)9-10-4-6-11(27-2)7-5-10/h4-7,25H,3,9H2,1-2H3. The highest BCUT2D eigenvalue weighted by molar-refractivity contribution is 6.46. The van der Waals surface area contributed by atoms with Crippen LogP contribution >= 0.6 is 23.2 Å². The van der Waals surface area contributed by atoms with Crippen LogP contribution in [0.4, 0.5) is 0 Å². The lowest BCUT2D eigenvalue weighted by Crippen LogP contribution is -2.10. The van der Waals surface area contributed by atoms with E-state index in [-0.39, 0.29) is 45.6 Å². The number of methoxy groups -OCH3 is 1. The zero-order valence-electron chi connectivity index (χ0n) is 15.0. The lowest BCUT2D eigenvalue weighted by atomic mass is 10.2. The molecule has 0 saturated carbocycles. The average molecular weight is 420 g/mol. The second kappa shape index (κ2) is 7.97. The van der Waals surface area contributed by atoms with Gasteiger partial charge in [-0.05, 0) is 24.6 Å². The van der Waals surface area contributed by atoms with Crippen LogP contribution in [0.3, 0.4) is 0 Å². The summed E-state index contributed by atoms with van der Waals surface area (Å²) >= 11 is 12.7. The molecule has 2 aromatic heterocycles. The van der Waals surface area contributed by atoms with E-state index in [1.54, 1.807) is 30.7 Å². The Morgan fingerprint density at radius 1 is 1.32 bits per heavy atom. The topological polar surface area (TPSA) is 97.4 Å². The Bertz CT molecular complexity index is 1100. The number of carbonyl (C=O) groups is 1. The van der Waals surface area contributed by atoms with Gasteiger partial charge in [0.15, 0.2) is 17.1 Å². The Labute approximate surface area is 170 Å². The molecule has 0 radical (unpaired) electrons. The Balaban J connectivity index is 2.21. The minimum absolute atomic E-state index is 0.0205. The molecule has 0 aliphatic carbocycles. The first-order chi connectivity index (χ1) is 13.4. The van der Waals surface area contributed by atoms with Gasteiger partial charge in [0.05, 0.1) is 29.6 Å². The van der Waals surface area contributed by atoms with Crippen molar-refractivity contribution >= 4 is 40.1 Å². The van der Waals surface area contributed by atoms with E-state index in [1.807, 2.05) is 18.2 Å². The Kier molecular flexibility index (Phi) is 5.63. The number of benzene rings is 1. The molecule has 144 valence electrons. The van der Waals surface area contributed by atoms with Crippen molar-refractivity contribution in [3.8, 4) is 17.6 Å². The third kappa shape index (κ3) is 3.33. The summed E-state index contributed by atoms with van der Waals surface area (Å²) in [7, 11) is 1.57. The van der Waals surface area contributed by atoms with Crippen LogP contribution in [-0.2, 0) is 11.3 Å². The highest BCUT2D eigenvalue weighted by Gasteiger charge is 2.27. The van der Waals surface area contributed by atoms with E-state index in [0.717, 1.165) is 5.56 Å². The molecule has 0 spiro atoms. The van der Waals surface area contributed by atoms with Gasteiger partial charge in [-0.3, -0.25) is 0 Å². The number of ether oxygens (including phenoxy) is 2. The van der Waals surface area contributed by atoms with Gasteiger partial charge in [-0.1, -0.05) is 35.3 Å². The third-order valence-electron chi connectivity index (χ3n) is 4.13. The van der Waals surface area contributed by atoms with Crippen molar-refractivity contribution in [1.82, 2.24) is 9.55 Å². The number of rotatable bonds is 5. The molecule has 0 aliphatic heterocycles. The van der Waals surface area contributed by atoms with Crippen LogP contribution in [0.25, 0.3) is 10.9 Å². The first-order valence-corrected chi connectivity index (χ1v) is 8.98. The summed E-state index contributed by atoms with van der Waals surface area (Å²) in [5, 5.41) is 20.3. The van der Waals surface area contributed by atoms with Crippen molar-refractivity contribution in [1.29, 1.82) is 5.26 Å². The molecule has 0 saturated heterocycles. The van der Waals surface area contributed by atoms with Gasteiger partial charge < -0.3 is 19.1 Å². The van der Waals surface area contributed by atoms with Crippen molar-refractivity contribution in [2.75, 3.05) is 13.7 Å². The fraction of sp³-hybridized carbons (Fsp3) is 0.211. The number of aromatic hydroxyl groups is 1. The van der Waals surface area contributed by atoms with Crippen LogP contribution in [0.1, 0.15) is 28.7 Å². The molecule has 1 N–H and O–H groups in total. The van der Waals surface area contributed by atoms with Crippen LogP contribution < -0.4 is 4.74 Å². The van der Waals surface area contributed by atoms with Crippen LogP contribution in [0.2, 0.25) is 10.2 Å². The summed E-state index contributed by atoms with van der Waals surface area (Å²) in [6.07, 6.45) is 0. The Morgan fingerprint density at radius 3 is 2.57 bits per heavy atom. The molecule has 0 atom stereocenters. The summed E-state index contributed by atoms with van der Waals surface area (Å²) in [4.78, 5) is 16.1. The maximum atomic E-state index is 12.1. The fourth-order valence-electron chi connectivity index (χ4n) is 2.84. The smallest absolute Gasteiger partial charge is 0.360 e. The summed E-state index contributed by atoms with van der Waals surface area (Å²) in [6.45, 7) is 1.97. The molecule has 28 heavy (non-hydrogen) atoms. The molecule has 3 rings (SSSR count). The quantitative estimate of drug-likeness (QED) is 0.623. The second-order valence-corrected chi connectivity index (χ2v) is 6.49. The van der Waals surface area contributed by atoms with E-state index in [2.05, 4.69) is 4.98 Å². The second-order valence-electron chi connectivity index (χ2n) is 5.75. The number of fused-ring (bicyclic) bond motifs is 1. The average Bonchev–Trinajstić information content (AvgIpc) is 2.95. The highest BCUT2D eigenvalue weighted by Crippen LogP contribution is 2.42. The molecule has 1 aromatic carbocycles. The van der Waals surface area contributed by atoms with Gasteiger partial charge in [-0.15, -0.1) is 0 Å². The van der Waals surface area contributed by atoms with E-state index < -0.39 is 11.7 Å². The number of aromatic nitrogens is 2. The number of pyridine rings is 1. The van der Waals surface area contributed by atoms with Gasteiger partial charge >= 0.3 is 5.97 Å².